The van der Waals surface area contributed by atoms with Crippen LogP contribution in [0.5, 0.6) is 0 Å². The van der Waals surface area contributed by atoms with Crippen LogP contribution in [0.2, 0.25) is 0 Å². The molecule has 0 aliphatic carbocycles. The average Bonchev–Trinajstić information content (AvgIpc) is 2.30. The van der Waals surface area contributed by atoms with E-state index in [0.29, 0.717) is 13.0 Å². The second-order valence-corrected chi connectivity index (χ2v) is 6.21. The fraction of sp³-hybridized carbons (Fsp3) is 0.923. The molecule has 0 amide bonds. The lowest BCUT2D eigenvalue weighted by Crippen LogP contribution is -2.25. The molecule has 0 spiro atoms. The third-order valence-electron chi connectivity index (χ3n) is 2.63. The summed E-state index contributed by atoms with van der Waals surface area (Å²) in [4.78, 5) is 11.4. The molecule has 17 heavy (non-hydrogen) atoms. The van der Waals surface area contributed by atoms with Gasteiger partial charge in [0.2, 0.25) is 0 Å². The highest BCUT2D eigenvalue weighted by Crippen LogP contribution is 2.29. The van der Waals surface area contributed by atoms with Gasteiger partial charge in [0.1, 0.15) is 0 Å². The second kappa shape index (κ2) is 9.77. The van der Waals surface area contributed by atoms with Crippen LogP contribution in [0.3, 0.4) is 0 Å². The molecule has 0 aromatic carbocycles. The summed E-state index contributed by atoms with van der Waals surface area (Å²) < 4.78 is 4.96. The van der Waals surface area contributed by atoms with Crippen LogP contribution in [0.4, 0.5) is 0 Å². The molecule has 0 fully saturated rings. The molecule has 0 aliphatic heterocycles. The fourth-order valence-electron chi connectivity index (χ4n) is 1.51. The molecule has 0 bridgehead atoms. The molecule has 4 heteroatoms. The van der Waals surface area contributed by atoms with Gasteiger partial charge < -0.3 is 9.84 Å². The van der Waals surface area contributed by atoms with Crippen molar-refractivity contribution in [3.05, 3.63) is 0 Å². The highest BCUT2D eigenvalue weighted by atomic mass is 32.2. The summed E-state index contributed by atoms with van der Waals surface area (Å²) >= 11 is 1.67. The number of carbonyl (C=O) groups excluding carboxylic acids is 1. The van der Waals surface area contributed by atoms with Crippen molar-refractivity contribution in [2.24, 2.45) is 0 Å². The molecule has 0 heterocycles. The summed E-state index contributed by atoms with van der Waals surface area (Å²) in [5, 5.41) is 9.32. The van der Waals surface area contributed by atoms with E-state index >= 15 is 0 Å². The van der Waals surface area contributed by atoms with E-state index in [0.717, 1.165) is 31.4 Å². The van der Waals surface area contributed by atoms with Crippen LogP contribution < -0.4 is 0 Å². The van der Waals surface area contributed by atoms with Crippen LogP contribution in [-0.2, 0) is 9.53 Å². The van der Waals surface area contributed by atoms with Gasteiger partial charge in [-0.05, 0) is 19.8 Å². The summed E-state index contributed by atoms with van der Waals surface area (Å²) in [6.45, 7) is 6.92. The summed E-state index contributed by atoms with van der Waals surface area (Å²) in [6.07, 6.45) is 4.43. The lowest BCUT2D eigenvalue weighted by Gasteiger charge is -2.25. The third kappa shape index (κ3) is 8.50. The predicted octanol–water partition coefficient (Wildman–Crippen LogP) is 3.00. The Kier molecular flexibility index (Phi) is 9.65. The molecule has 0 rings (SSSR count). The number of rotatable bonds is 10. The minimum absolute atomic E-state index is 0.113. The van der Waals surface area contributed by atoms with Gasteiger partial charge in [0.15, 0.2) is 0 Å². The highest BCUT2D eigenvalue weighted by molar-refractivity contribution is 8.00. The van der Waals surface area contributed by atoms with E-state index in [1.54, 1.807) is 11.8 Å². The molecule has 1 atom stereocenters. The van der Waals surface area contributed by atoms with Gasteiger partial charge in [-0.3, -0.25) is 4.79 Å². The number of ether oxygens (including phenoxy) is 1. The summed E-state index contributed by atoms with van der Waals surface area (Å²) in [5.74, 6) is 0.602. The van der Waals surface area contributed by atoms with Gasteiger partial charge in [-0.25, -0.2) is 0 Å². The standard InChI is InChI=1S/C13H26O3S/c1-4-6-9-16-12(15)7-10-17-13(3,11-14)8-5-2/h14H,4-11H2,1-3H3. The van der Waals surface area contributed by atoms with Crippen molar-refractivity contribution < 1.29 is 14.6 Å². The van der Waals surface area contributed by atoms with Gasteiger partial charge in [0.05, 0.1) is 19.6 Å². The topological polar surface area (TPSA) is 46.5 Å². The molecular formula is C13H26O3S. The zero-order valence-corrected chi connectivity index (χ0v) is 12.1. The van der Waals surface area contributed by atoms with Gasteiger partial charge in [-0.15, -0.1) is 0 Å². The van der Waals surface area contributed by atoms with Crippen LogP contribution in [-0.4, -0.2) is 34.8 Å². The first-order chi connectivity index (χ1) is 8.08. The Morgan fingerprint density at radius 2 is 2.06 bits per heavy atom. The quantitative estimate of drug-likeness (QED) is 0.485. The smallest absolute Gasteiger partial charge is 0.306 e. The lowest BCUT2D eigenvalue weighted by molar-refractivity contribution is -0.143. The second-order valence-electron chi connectivity index (χ2n) is 4.53. The maximum absolute atomic E-state index is 11.4. The molecule has 102 valence electrons. The number of aliphatic hydroxyl groups is 1. The Labute approximate surface area is 109 Å². The minimum atomic E-state index is -0.122. The Morgan fingerprint density at radius 1 is 1.35 bits per heavy atom. The van der Waals surface area contributed by atoms with Gasteiger partial charge >= 0.3 is 5.97 Å². The number of carbonyl (C=O) groups is 1. The molecule has 0 saturated carbocycles. The number of unbranched alkanes of at least 4 members (excludes halogenated alkanes) is 1. The van der Waals surface area contributed by atoms with Crippen molar-refractivity contribution in [1.82, 2.24) is 0 Å². The molecule has 3 nitrogen and oxygen atoms in total. The van der Waals surface area contributed by atoms with Crippen molar-refractivity contribution in [2.75, 3.05) is 19.0 Å². The van der Waals surface area contributed by atoms with Crippen molar-refractivity contribution in [1.29, 1.82) is 0 Å². The normalized spacial score (nSPS) is 14.4. The summed E-state index contributed by atoms with van der Waals surface area (Å²) in [5.41, 5.74) is 0. The van der Waals surface area contributed by atoms with E-state index in [4.69, 9.17) is 4.74 Å². The molecule has 0 saturated heterocycles. The van der Waals surface area contributed by atoms with Crippen LogP contribution in [0.1, 0.15) is 52.9 Å². The van der Waals surface area contributed by atoms with E-state index in [1.165, 1.54) is 0 Å². The zero-order chi connectivity index (χ0) is 13.1. The Bertz CT molecular complexity index is 209. The molecule has 1 N–H and O–H groups in total. The van der Waals surface area contributed by atoms with Crippen molar-refractivity contribution >= 4 is 17.7 Å². The van der Waals surface area contributed by atoms with Crippen molar-refractivity contribution in [2.45, 2.75) is 57.6 Å². The van der Waals surface area contributed by atoms with Crippen molar-refractivity contribution in [3.8, 4) is 0 Å². The number of thioether (sulfide) groups is 1. The van der Waals surface area contributed by atoms with Crippen LogP contribution in [0, 0.1) is 0 Å². The maximum Gasteiger partial charge on any atom is 0.306 e. The number of hydrogen-bond donors (Lipinski definition) is 1. The molecule has 1 unspecified atom stereocenters. The lowest BCUT2D eigenvalue weighted by atomic mass is 10.1. The predicted molar refractivity (Wildman–Crippen MR) is 73.3 cm³/mol. The summed E-state index contributed by atoms with van der Waals surface area (Å²) in [7, 11) is 0. The average molecular weight is 262 g/mol. The Balaban J connectivity index is 3.69. The molecular weight excluding hydrogens is 236 g/mol. The monoisotopic (exact) mass is 262 g/mol. The first-order valence-corrected chi connectivity index (χ1v) is 7.47. The molecule has 0 radical (unpaired) electrons. The minimum Gasteiger partial charge on any atom is -0.466 e. The first-order valence-electron chi connectivity index (χ1n) is 6.48. The van der Waals surface area contributed by atoms with Gasteiger partial charge in [-0.2, -0.15) is 11.8 Å². The van der Waals surface area contributed by atoms with E-state index < -0.39 is 0 Å². The summed E-state index contributed by atoms with van der Waals surface area (Å²) in [6, 6.07) is 0. The largest absolute Gasteiger partial charge is 0.466 e. The van der Waals surface area contributed by atoms with Gasteiger partial charge in [0.25, 0.3) is 0 Å². The van der Waals surface area contributed by atoms with Crippen LogP contribution >= 0.6 is 11.8 Å². The van der Waals surface area contributed by atoms with Crippen molar-refractivity contribution in [3.63, 3.8) is 0 Å². The molecule has 0 aromatic heterocycles. The zero-order valence-electron chi connectivity index (χ0n) is 11.3. The number of esters is 1. The molecule has 0 aromatic rings. The van der Waals surface area contributed by atoms with E-state index in [2.05, 4.69) is 13.8 Å². The maximum atomic E-state index is 11.4. The van der Waals surface area contributed by atoms with Crippen LogP contribution in [0.15, 0.2) is 0 Å². The van der Waals surface area contributed by atoms with E-state index in [-0.39, 0.29) is 17.3 Å². The third-order valence-corrected chi connectivity index (χ3v) is 4.07. The Hall–Kier alpha value is -0.220. The van der Waals surface area contributed by atoms with Gasteiger partial charge in [-0.1, -0.05) is 26.7 Å². The first kappa shape index (κ1) is 16.8. The number of hydrogen-bond acceptors (Lipinski definition) is 4. The SMILES string of the molecule is CCCCOC(=O)CCSC(C)(CO)CCC. The number of aliphatic hydroxyl groups excluding tert-OH is 1. The van der Waals surface area contributed by atoms with Crippen LogP contribution in [0.25, 0.3) is 0 Å². The highest BCUT2D eigenvalue weighted by Gasteiger charge is 2.22. The fourth-order valence-corrected chi connectivity index (χ4v) is 2.71. The van der Waals surface area contributed by atoms with E-state index in [9.17, 15) is 9.90 Å². The van der Waals surface area contributed by atoms with Gasteiger partial charge in [0, 0.05) is 10.5 Å². The van der Waals surface area contributed by atoms with E-state index in [1.807, 2.05) is 6.92 Å². The Morgan fingerprint density at radius 3 is 2.59 bits per heavy atom. The molecule has 0 aliphatic rings.